The fourth-order valence-corrected chi connectivity index (χ4v) is 6.00. The Hall–Kier alpha value is -3.14. The minimum atomic E-state index is -4.18. The van der Waals surface area contributed by atoms with Gasteiger partial charge in [-0.25, -0.2) is 31.8 Å². The topological polar surface area (TPSA) is 136 Å². The summed E-state index contributed by atoms with van der Waals surface area (Å²) >= 11 is 7.36. The third-order valence-corrected chi connectivity index (χ3v) is 8.37. The van der Waals surface area contributed by atoms with Gasteiger partial charge in [-0.2, -0.15) is 4.33 Å². The number of aromatic hydroxyl groups is 1. The smallest absolute Gasteiger partial charge is 0.333 e. The van der Waals surface area contributed by atoms with E-state index in [9.17, 15) is 27.5 Å². The quantitative estimate of drug-likeness (QED) is 0.166. The molecule has 2 aromatic carbocycles. The second-order valence-corrected chi connectivity index (χ2v) is 11.4. The fraction of sp³-hybridized carbons (Fsp3) is 0.0476. The van der Waals surface area contributed by atoms with Crippen molar-refractivity contribution in [3.05, 3.63) is 75.1 Å². The van der Waals surface area contributed by atoms with Gasteiger partial charge >= 0.3 is 6.03 Å². The molecule has 0 radical (unpaired) electrons. The number of anilines is 1. The molecule has 0 saturated carbocycles. The van der Waals surface area contributed by atoms with Gasteiger partial charge in [0.05, 0.1) is 29.2 Å². The Morgan fingerprint density at radius 3 is 2.61 bits per heavy atom. The number of nitrogens with one attached hydrogen (secondary N) is 2. The molecule has 2 amide bonds. The number of thiophene rings is 1. The zero-order valence-corrected chi connectivity index (χ0v) is 21.2. The van der Waals surface area contributed by atoms with Crippen molar-refractivity contribution in [3.8, 4) is 11.6 Å². The molecule has 0 atom stereocenters. The highest BCUT2D eigenvalue weighted by molar-refractivity contribution is 7.94. The van der Waals surface area contributed by atoms with E-state index in [0.29, 0.717) is 10.3 Å². The lowest BCUT2D eigenvalue weighted by molar-refractivity contribution is -0.160. The van der Waals surface area contributed by atoms with Crippen molar-refractivity contribution in [3.63, 3.8) is 0 Å². The van der Waals surface area contributed by atoms with Crippen LogP contribution in [0, 0.1) is 5.82 Å². The minimum Gasteiger partial charge on any atom is -0.494 e. The van der Waals surface area contributed by atoms with Crippen LogP contribution in [0.25, 0.3) is 16.5 Å². The molecular formula is C21H15ClFN3O7S3. The van der Waals surface area contributed by atoms with Gasteiger partial charge in [0.15, 0.2) is 0 Å². The van der Waals surface area contributed by atoms with Gasteiger partial charge in [0.25, 0.3) is 15.6 Å². The third kappa shape index (κ3) is 5.48. The second kappa shape index (κ2) is 10.5. The molecule has 0 aliphatic rings. The summed E-state index contributed by atoms with van der Waals surface area (Å²) in [6.07, 6.45) is 0. The maximum atomic E-state index is 15.0. The summed E-state index contributed by atoms with van der Waals surface area (Å²) in [7, 11) is -2.85. The highest BCUT2D eigenvalue weighted by Gasteiger charge is 2.21. The van der Waals surface area contributed by atoms with Crippen molar-refractivity contribution in [2.24, 2.45) is 0 Å². The molecule has 4 aromatic rings. The number of carbonyl (C=O) groups excluding carboxylic acids is 1. The number of fused-ring (bicyclic) bond motifs is 1. The van der Waals surface area contributed by atoms with Crippen LogP contribution in [-0.4, -0.2) is 31.2 Å². The molecule has 10 nitrogen and oxygen atoms in total. The lowest BCUT2D eigenvalue weighted by atomic mass is 10.1. The van der Waals surface area contributed by atoms with E-state index < -0.39 is 33.3 Å². The van der Waals surface area contributed by atoms with E-state index in [-0.39, 0.29) is 25.3 Å². The Labute approximate surface area is 216 Å². The predicted octanol–water partition coefficient (Wildman–Crippen LogP) is 4.65. The Kier molecular flexibility index (Phi) is 7.54. The van der Waals surface area contributed by atoms with E-state index in [1.165, 1.54) is 37.4 Å². The number of urea groups is 1. The van der Waals surface area contributed by atoms with Gasteiger partial charge in [-0.05, 0) is 47.9 Å². The highest BCUT2D eigenvalue weighted by atomic mass is 35.5. The lowest BCUT2D eigenvalue weighted by Crippen LogP contribution is -2.34. The van der Waals surface area contributed by atoms with Crippen LogP contribution in [0.1, 0.15) is 0 Å². The maximum absolute atomic E-state index is 15.0. The molecule has 4 rings (SSSR count). The molecule has 0 bridgehead atoms. The number of hydrogen-bond acceptors (Lipinski definition) is 9. The summed E-state index contributed by atoms with van der Waals surface area (Å²) in [4.78, 5) is 29.9. The van der Waals surface area contributed by atoms with Gasteiger partial charge < -0.3 is 10.4 Å². The molecule has 0 saturated heterocycles. The molecule has 3 N–H and O–H groups in total. The van der Waals surface area contributed by atoms with Crippen LogP contribution in [0.4, 0.5) is 14.9 Å². The van der Waals surface area contributed by atoms with Crippen LogP contribution >= 0.6 is 35.0 Å². The van der Waals surface area contributed by atoms with E-state index in [1.54, 1.807) is 16.9 Å². The Bertz CT molecular complexity index is 1640. The average Bonchev–Trinajstić information content (AvgIpc) is 3.26. The fourth-order valence-electron chi connectivity index (χ4n) is 3.17. The van der Waals surface area contributed by atoms with Gasteiger partial charge in [-0.1, -0.05) is 17.7 Å². The highest BCUT2D eigenvalue weighted by Crippen LogP contribution is 2.31. The Balaban J connectivity index is 1.61. The number of carbonyl (C=O) groups is 1. The Morgan fingerprint density at radius 2 is 1.94 bits per heavy atom. The van der Waals surface area contributed by atoms with Gasteiger partial charge in [0.2, 0.25) is 5.88 Å². The van der Waals surface area contributed by atoms with Crippen molar-refractivity contribution in [2.45, 2.75) is 9.10 Å². The van der Waals surface area contributed by atoms with E-state index in [0.717, 1.165) is 40.1 Å². The van der Waals surface area contributed by atoms with Gasteiger partial charge in [0.1, 0.15) is 10.0 Å². The molecule has 2 heterocycles. The molecule has 0 aliphatic carbocycles. The molecular weight excluding hydrogens is 557 g/mol. The monoisotopic (exact) mass is 571 g/mol. The summed E-state index contributed by atoms with van der Waals surface area (Å²) in [5.74, 6) is -1.49. The average molecular weight is 572 g/mol. The molecule has 15 heteroatoms. The molecule has 0 aliphatic heterocycles. The number of halogens is 2. The molecule has 188 valence electrons. The van der Waals surface area contributed by atoms with E-state index in [2.05, 4.69) is 10.2 Å². The van der Waals surface area contributed by atoms with Crippen molar-refractivity contribution in [1.82, 2.24) is 9.29 Å². The van der Waals surface area contributed by atoms with Crippen molar-refractivity contribution >= 4 is 67.5 Å². The molecule has 0 unspecified atom stereocenters. The number of pyridine rings is 1. The minimum absolute atomic E-state index is 0.100. The first kappa shape index (κ1) is 25.9. The summed E-state index contributed by atoms with van der Waals surface area (Å²) < 4.78 is 46.9. The van der Waals surface area contributed by atoms with E-state index in [1.807, 2.05) is 0 Å². The van der Waals surface area contributed by atoms with Crippen molar-refractivity contribution in [1.29, 1.82) is 0 Å². The number of hydrogen-bond donors (Lipinski definition) is 3. The molecule has 2 aromatic heterocycles. The third-order valence-electron chi connectivity index (χ3n) is 4.66. The summed E-state index contributed by atoms with van der Waals surface area (Å²) in [6, 6.07) is 10.7. The van der Waals surface area contributed by atoms with Gasteiger partial charge in [-0.15, -0.1) is 11.3 Å². The zero-order chi connectivity index (χ0) is 26.0. The standard InChI is InChI=1S/C21H15ClFN3O7S3/c1-32-33-35-13-4-2-11-8-18(27)26(20(28)14(11)10-13)16-5-3-12(9-15(16)23)24-21(29)25-36(30,31)19-7-6-17(22)34-19/h2-10,28H,1H3,(H2,24,25,29). The van der Waals surface area contributed by atoms with Crippen molar-refractivity contribution in [2.75, 3.05) is 12.4 Å². The number of rotatable bonds is 7. The van der Waals surface area contributed by atoms with Crippen LogP contribution in [0.3, 0.4) is 0 Å². The van der Waals surface area contributed by atoms with Crippen LogP contribution in [-0.2, 0) is 19.2 Å². The first-order chi connectivity index (χ1) is 17.1. The Morgan fingerprint density at radius 1 is 1.17 bits per heavy atom. The number of sulfonamides is 1. The second-order valence-electron chi connectivity index (χ2n) is 6.99. The van der Waals surface area contributed by atoms with Crippen LogP contribution in [0.2, 0.25) is 4.34 Å². The number of nitrogens with zero attached hydrogens (tertiary/aromatic N) is 1. The lowest BCUT2D eigenvalue weighted by Gasteiger charge is -2.14. The van der Waals surface area contributed by atoms with Gasteiger partial charge in [0, 0.05) is 22.0 Å². The molecule has 0 spiro atoms. The maximum Gasteiger partial charge on any atom is 0.333 e. The number of amides is 2. The SMILES string of the molecule is COOSc1ccc2cc(=O)n(-c3ccc(NC(=O)NS(=O)(=O)c4ccc(Cl)s4)cc3F)c(O)c2c1. The molecule has 0 fully saturated rings. The van der Waals surface area contributed by atoms with Crippen LogP contribution in [0.15, 0.2) is 68.5 Å². The van der Waals surface area contributed by atoms with Crippen molar-refractivity contribution < 1.29 is 31.9 Å². The van der Waals surface area contributed by atoms with E-state index >= 15 is 0 Å². The summed E-state index contributed by atoms with van der Waals surface area (Å²) in [5.41, 5.74) is -1.10. The normalized spacial score (nSPS) is 11.5. The first-order valence-corrected chi connectivity index (χ1v) is 13.2. The predicted molar refractivity (Wildman–Crippen MR) is 134 cm³/mol. The number of aromatic nitrogens is 1. The van der Waals surface area contributed by atoms with E-state index in [4.69, 9.17) is 15.9 Å². The largest absolute Gasteiger partial charge is 0.494 e. The van der Waals surface area contributed by atoms with Crippen LogP contribution in [0.5, 0.6) is 5.88 Å². The number of benzene rings is 2. The zero-order valence-electron chi connectivity index (χ0n) is 18.0. The van der Waals surface area contributed by atoms with Gasteiger partial charge in [-0.3, -0.25) is 4.79 Å². The summed E-state index contributed by atoms with van der Waals surface area (Å²) in [6.45, 7) is 0. The summed E-state index contributed by atoms with van der Waals surface area (Å²) in [5, 5.41) is 13.6. The first-order valence-electron chi connectivity index (χ1n) is 9.74. The molecule has 36 heavy (non-hydrogen) atoms. The van der Waals surface area contributed by atoms with Crippen LogP contribution < -0.4 is 15.6 Å².